The van der Waals surface area contributed by atoms with Crippen molar-refractivity contribution in [2.75, 3.05) is 0 Å². The van der Waals surface area contributed by atoms with Crippen molar-refractivity contribution in [2.45, 2.75) is 6.92 Å². The third-order valence-corrected chi connectivity index (χ3v) is 3.44. The van der Waals surface area contributed by atoms with Crippen molar-refractivity contribution >= 4 is 44.9 Å². The summed E-state index contributed by atoms with van der Waals surface area (Å²) in [7, 11) is 0. The summed E-state index contributed by atoms with van der Waals surface area (Å²) in [6.45, 7) is 2.10. The van der Waals surface area contributed by atoms with Gasteiger partial charge in [0, 0.05) is 21.5 Å². The van der Waals surface area contributed by atoms with E-state index in [4.69, 9.17) is 0 Å². The number of rotatable bonds is 0. The molecule has 0 bridgehead atoms. The third kappa shape index (κ3) is 0.927. The van der Waals surface area contributed by atoms with E-state index in [1.165, 1.54) is 39.4 Å². The molecule has 0 amide bonds. The van der Waals surface area contributed by atoms with Gasteiger partial charge in [-0.3, -0.25) is 0 Å². The van der Waals surface area contributed by atoms with E-state index in [-0.39, 0.29) is 0 Å². The van der Waals surface area contributed by atoms with Crippen LogP contribution in [0, 0.1) is 6.92 Å². The molecular weight excluding hydrogens is 200 g/mol. The summed E-state index contributed by atoms with van der Waals surface area (Å²) in [5.41, 5.74) is 3.44. The first-order valence-electron chi connectivity index (χ1n) is 3.94. The van der Waals surface area contributed by atoms with Crippen LogP contribution < -0.4 is 0 Å². The average Bonchev–Trinajstić information content (AvgIpc) is 2.66. The van der Waals surface area contributed by atoms with E-state index >= 15 is 0 Å². The molecule has 0 saturated carbocycles. The minimum Gasteiger partial charge on any atom is -0.192 e. The summed E-state index contributed by atoms with van der Waals surface area (Å²) in [4.78, 5) is 0. The minimum atomic E-state index is 1.10. The van der Waals surface area contributed by atoms with Gasteiger partial charge in [0.25, 0.3) is 0 Å². The first-order valence-corrected chi connectivity index (χ1v) is 5.61. The van der Waals surface area contributed by atoms with Crippen molar-refractivity contribution in [1.29, 1.82) is 0 Å². The Labute approximate surface area is 83.2 Å². The van der Waals surface area contributed by atoms with Gasteiger partial charge in [0.1, 0.15) is 0 Å². The molecule has 1 aromatic carbocycles. The van der Waals surface area contributed by atoms with E-state index in [0.29, 0.717) is 0 Å². The summed E-state index contributed by atoms with van der Waals surface area (Å²) in [5, 5.41) is 6.58. The van der Waals surface area contributed by atoms with Crippen LogP contribution in [-0.2, 0) is 0 Å². The summed E-state index contributed by atoms with van der Waals surface area (Å²) < 4.78 is 8.72. The Hall–Kier alpha value is -1.00. The lowest BCUT2D eigenvalue weighted by atomic mass is 10.1. The van der Waals surface area contributed by atoms with Gasteiger partial charge in [-0.05, 0) is 41.6 Å². The summed E-state index contributed by atoms with van der Waals surface area (Å²) >= 11 is 3.01. The largest absolute Gasteiger partial charge is 0.192 e. The Kier molecular flexibility index (Phi) is 1.42. The highest BCUT2D eigenvalue weighted by Crippen LogP contribution is 2.28. The van der Waals surface area contributed by atoms with Gasteiger partial charge in [-0.25, -0.2) is 0 Å². The Bertz CT molecular complexity index is 579. The molecule has 2 nitrogen and oxygen atoms in total. The maximum absolute atomic E-state index is 4.37. The smallest absolute Gasteiger partial charge is 0.0943 e. The molecule has 0 aliphatic heterocycles. The van der Waals surface area contributed by atoms with Crippen LogP contribution in [0.1, 0.15) is 5.56 Å². The molecule has 3 aromatic rings. The maximum Gasteiger partial charge on any atom is 0.0943 e. The quantitative estimate of drug-likeness (QED) is 0.564. The Balaban J connectivity index is 2.70. The standard InChI is InChI=1S/C9H6N2S2/c1-5-2-6-3-12-11-9(6)7-4-13-10-8(5)7/h2-4H,1H3. The van der Waals surface area contributed by atoms with Gasteiger partial charge in [-0.1, -0.05) is 0 Å². The van der Waals surface area contributed by atoms with Gasteiger partial charge in [0.05, 0.1) is 11.0 Å². The van der Waals surface area contributed by atoms with Gasteiger partial charge in [0.2, 0.25) is 0 Å². The summed E-state index contributed by atoms with van der Waals surface area (Å²) in [6.07, 6.45) is 0. The molecule has 0 aliphatic rings. The van der Waals surface area contributed by atoms with Crippen molar-refractivity contribution in [1.82, 2.24) is 8.75 Å². The molecule has 0 fully saturated rings. The SMILES string of the molecule is Cc1cc2csnc2c2csnc12. The van der Waals surface area contributed by atoms with Gasteiger partial charge in [-0.2, -0.15) is 8.75 Å². The highest BCUT2D eigenvalue weighted by Gasteiger charge is 2.07. The molecule has 2 heterocycles. The molecule has 0 aliphatic carbocycles. The zero-order valence-corrected chi connectivity index (χ0v) is 8.58. The highest BCUT2D eigenvalue weighted by atomic mass is 32.1. The number of aryl methyl sites for hydroxylation is 1. The lowest BCUT2D eigenvalue weighted by Crippen LogP contribution is -1.77. The summed E-state index contributed by atoms with van der Waals surface area (Å²) in [5.74, 6) is 0. The highest BCUT2D eigenvalue weighted by molar-refractivity contribution is 7.06. The lowest BCUT2D eigenvalue weighted by Gasteiger charge is -1.94. The van der Waals surface area contributed by atoms with Crippen molar-refractivity contribution in [3.63, 3.8) is 0 Å². The first-order chi connectivity index (χ1) is 6.36. The molecule has 13 heavy (non-hydrogen) atoms. The number of hydrogen-bond donors (Lipinski definition) is 0. The first kappa shape index (κ1) is 7.41. The number of nitrogens with zero attached hydrogens (tertiary/aromatic N) is 2. The van der Waals surface area contributed by atoms with E-state index < -0.39 is 0 Å². The van der Waals surface area contributed by atoms with Gasteiger partial charge < -0.3 is 0 Å². The zero-order valence-electron chi connectivity index (χ0n) is 6.94. The molecular formula is C9H6N2S2. The molecule has 0 spiro atoms. The van der Waals surface area contributed by atoms with E-state index in [1.807, 2.05) is 0 Å². The van der Waals surface area contributed by atoms with E-state index in [0.717, 1.165) is 11.0 Å². The van der Waals surface area contributed by atoms with E-state index in [1.54, 1.807) is 0 Å². The van der Waals surface area contributed by atoms with Crippen LogP contribution in [0.5, 0.6) is 0 Å². The van der Waals surface area contributed by atoms with Crippen molar-refractivity contribution in [3.8, 4) is 0 Å². The van der Waals surface area contributed by atoms with Crippen LogP contribution in [0.4, 0.5) is 0 Å². The Morgan fingerprint density at radius 3 is 2.77 bits per heavy atom. The average molecular weight is 206 g/mol. The van der Waals surface area contributed by atoms with Gasteiger partial charge in [0.15, 0.2) is 0 Å². The van der Waals surface area contributed by atoms with E-state index in [2.05, 4.69) is 32.5 Å². The van der Waals surface area contributed by atoms with Crippen LogP contribution in [0.2, 0.25) is 0 Å². The van der Waals surface area contributed by atoms with Crippen LogP contribution >= 0.6 is 23.1 Å². The fourth-order valence-corrected chi connectivity index (χ4v) is 2.93. The minimum absolute atomic E-state index is 1.10. The maximum atomic E-state index is 4.37. The van der Waals surface area contributed by atoms with Crippen LogP contribution in [0.15, 0.2) is 16.8 Å². The number of aromatic nitrogens is 2. The van der Waals surface area contributed by atoms with E-state index in [9.17, 15) is 0 Å². The lowest BCUT2D eigenvalue weighted by molar-refractivity contribution is 1.51. The van der Waals surface area contributed by atoms with Crippen molar-refractivity contribution < 1.29 is 0 Å². The molecule has 0 N–H and O–H groups in total. The molecule has 2 aromatic heterocycles. The van der Waals surface area contributed by atoms with Crippen molar-refractivity contribution in [3.05, 3.63) is 22.4 Å². The van der Waals surface area contributed by atoms with Crippen LogP contribution in [0.25, 0.3) is 21.8 Å². The fourth-order valence-electron chi connectivity index (χ4n) is 1.54. The fraction of sp³-hybridized carbons (Fsp3) is 0.111. The molecule has 0 atom stereocenters. The second-order valence-corrected chi connectivity index (χ2v) is 4.28. The number of hydrogen-bond acceptors (Lipinski definition) is 4. The normalized spacial score (nSPS) is 11.5. The van der Waals surface area contributed by atoms with Gasteiger partial charge >= 0.3 is 0 Å². The van der Waals surface area contributed by atoms with Crippen LogP contribution in [-0.4, -0.2) is 8.75 Å². The molecule has 0 saturated heterocycles. The van der Waals surface area contributed by atoms with Crippen molar-refractivity contribution in [2.24, 2.45) is 0 Å². The molecule has 4 heteroatoms. The topological polar surface area (TPSA) is 25.8 Å². The number of benzene rings is 1. The monoisotopic (exact) mass is 206 g/mol. The summed E-state index contributed by atoms with van der Waals surface area (Å²) in [6, 6.07) is 2.15. The Morgan fingerprint density at radius 2 is 1.85 bits per heavy atom. The molecule has 0 radical (unpaired) electrons. The van der Waals surface area contributed by atoms with Crippen LogP contribution in [0.3, 0.4) is 0 Å². The predicted octanol–water partition coefficient (Wildman–Crippen LogP) is 3.21. The number of fused-ring (bicyclic) bond motifs is 3. The third-order valence-electron chi connectivity index (χ3n) is 2.17. The van der Waals surface area contributed by atoms with Gasteiger partial charge in [-0.15, -0.1) is 0 Å². The second-order valence-electron chi connectivity index (χ2n) is 3.02. The second kappa shape index (κ2) is 2.49. The predicted molar refractivity (Wildman–Crippen MR) is 57.5 cm³/mol. The molecule has 0 unspecified atom stereocenters. The zero-order chi connectivity index (χ0) is 8.84. The Morgan fingerprint density at radius 1 is 1.08 bits per heavy atom. The molecule has 64 valence electrons. The molecule has 3 rings (SSSR count).